The van der Waals surface area contributed by atoms with Crippen molar-refractivity contribution in [3.63, 3.8) is 0 Å². The average molecular weight is 414 g/mol. The molecule has 0 spiro atoms. The maximum atomic E-state index is 13.3. The van der Waals surface area contributed by atoms with Crippen molar-refractivity contribution in [2.75, 3.05) is 0 Å². The first-order chi connectivity index (χ1) is 13.9. The Morgan fingerprint density at radius 3 is 2.79 bits per heavy atom. The number of carbonyl (C=O) groups is 1. The third-order valence-electron chi connectivity index (χ3n) is 6.08. The van der Waals surface area contributed by atoms with E-state index in [0.717, 1.165) is 18.4 Å². The summed E-state index contributed by atoms with van der Waals surface area (Å²) in [6, 6.07) is 6.17. The fourth-order valence-electron chi connectivity index (χ4n) is 4.11. The molecule has 3 aromatic rings. The van der Waals surface area contributed by atoms with E-state index in [1.54, 1.807) is 12.1 Å². The summed E-state index contributed by atoms with van der Waals surface area (Å²) in [6.07, 6.45) is 4.71. The van der Waals surface area contributed by atoms with Gasteiger partial charge in [-0.2, -0.15) is 0 Å². The number of halogens is 1. The number of rotatable bonds is 4. The SMILES string of the molecule is C[C@H]1[C@@H](NC(=O)Cn2cnc3scc(-c4ccc(F)cc4)c3c2=O)CCC[C@@H]1C. The fourth-order valence-corrected chi connectivity index (χ4v) is 5.02. The van der Waals surface area contributed by atoms with E-state index in [9.17, 15) is 14.0 Å². The number of fused-ring (bicyclic) bond motifs is 1. The van der Waals surface area contributed by atoms with Crippen molar-refractivity contribution in [1.29, 1.82) is 0 Å². The first-order valence-corrected chi connectivity index (χ1v) is 10.8. The Hall–Kier alpha value is -2.54. The number of benzene rings is 1. The minimum atomic E-state index is -0.327. The van der Waals surface area contributed by atoms with E-state index in [1.807, 2.05) is 5.38 Å². The predicted molar refractivity (Wildman–Crippen MR) is 113 cm³/mol. The molecule has 1 fully saturated rings. The van der Waals surface area contributed by atoms with Gasteiger partial charge in [0.25, 0.3) is 5.56 Å². The van der Waals surface area contributed by atoms with E-state index in [1.165, 1.54) is 40.8 Å². The zero-order valence-corrected chi connectivity index (χ0v) is 17.3. The molecule has 0 radical (unpaired) electrons. The van der Waals surface area contributed by atoms with Gasteiger partial charge < -0.3 is 5.32 Å². The third kappa shape index (κ3) is 3.96. The second-order valence-corrected chi connectivity index (χ2v) is 8.81. The van der Waals surface area contributed by atoms with Gasteiger partial charge in [0, 0.05) is 17.0 Å². The smallest absolute Gasteiger partial charge is 0.263 e. The summed E-state index contributed by atoms with van der Waals surface area (Å²) >= 11 is 1.36. The maximum Gasteiger partial charge on any atom is 0.263 e. The Balaban J connectivity index is 1.59. The molecule has 2 aromatic heterocycles. The standard InChI is InChI=1S/C22H24FN3O2S/c1-13-4-3-5-18(14(13)2)25-19(27)10-26-12-24-21-20(22(26)28)17(11-29-21)15-6-8-16(23)9-7-15/h6-9,11-14,18H,3-5,10H2,1-2H3,(H,25,27)/t13-,14+,18-/m0/s1. The van der Waals surface area contributed by atoms with Gasteiger partial charge in [0.2, 0.25) is 5.91 Å². The van der Waals surface area contributed by atoms with Crippen LogP contribution in [-0.2, 0) is 11.3 Å². The molecule has 1 N–H and O–H groups in total. The van der Waals surface area contributed by atoms with Crippen LogP contribution >= 0.6 is 11.3 Å². The van der Waals surface area contributed by atoms with Gasteiger partial charge in [-0.3, -0.25) is 14.2 Å². The number of hydrogen-bond acceptors (Lipinski definition) is 4. The van der Waals surface area contributed by atoms with Crippen molar-refractivity contribution in [3.05, 3.63) is 52.1 Å². The van der Waals surface area contributed by atoms with Gasteiger partial charge in [-0.25, -0.2) is 9.37 Å². The average Bonchev–Trinajstić information content (AvgIpc) is 3.13. The molecule has 3 atom stereocenters. The van der Waals surface area contributed by atoms with Crippen LogP contribution in [0.2, 0.25) is 0 Å². The highest BCUT2D eigenvalue weighted by Crippen LogP contribution is 2.31. The Morgan fingerprint density at radius 1 is 1.28 bits per heavy atom. The third-order valence-corrected chi connectivity index (χ3v) is 6.97. The number of nitrogens with one attached hydrogen (secondary N) is 1. The molecule has 4 rings (SSSR count). The summed E-state index contributed by atoms with van der Waals surface area (Å²) < 4.78 is 14.6. The first-order valence-electron chi connectivity index (χ1n) is 9.96. The summed E-state index contributed by atoms with van der Waals surface area (Å²) in [7, 11) is 0. The van der Waals surface area contributed by atoms with Crippen molar-refractivity contribution in [1.82, 2.24) is 14.9 Å². The number of aromatic nitrogens is 2. The molecule has 1 amide bonds. The molecule has 1 aliphatic carbocycles. The monoisotopic (exact) mass is 413 g/mol. The molecule has 0 saturated heterocycles. The molecule has 5 nitrogen and oxygen atoms in total. The van der Waals surface area contributed by atoms with E-state index in [4.69, 9.17) is 0 Å². The van der Waals surface area contributed by atoms with Gasteiger partial charge in [-0.05, 0) is 36.0 Å². The first kappa shape index (κ1) is 19.8. The zero-order valence-electron chi connectivity index (χ0n) is 16.5. The summed E-state index contributed by atoms with van der Waals surface area (Å²) in [6.45, 7) is 4.34. The molecular formula is C22H24FN3O2S. The molecule has 152 valence electrons. The lowest BCUT2D eigenvalue weighted by atomic mass is 9.78. The van der Waals surface area contributed by atoms with Crippen LogP contribution in [0.3, 0.4) is 0 Å². The van der Waals surface area contributed by atoms with Crippen molar-refractivity contribution in [2.45, 2.75) is 45.7 Å². The lowest BCUT2D eigenvalue weighted by molar-refractivity contribution is -0.123. The normalized spacial score (nSPS) is 22.0. The lowest BCUT2D eigenvalue weighted by Crippen LogP contribution is -2.45. The second kappa shape index (κ2) is 8.06. The fraction of sp³-hybridized carbons (Fsp3) is 0.409. The number of carbonyl (C=O) groups excluding carboxylic acids is 1. The molecule has 2 heterocycles. The van der Waals surface area contributed by atoms with Crippen molar-refractivity contribution < 1.29 is 9.18 Å². The Kier molecular flexibility index (Phi) is 5.50. The molecule has 0 aliphatic heterocycles. The van der Waals surface area contributed by atoms with Gasteiger partial charge in [0.05, 0.1) is 11.7 Å². The van der Waals surface area contributed by atoms with E-state index < -0.39 is 0 Å². The molecule has 7 heteroatoms. The van der Waals surface area contributed by atoms with Gasteiger partial charge in [0.1, 0.15) is 17.2 Å². The zero-order chi connectivity index (χ0) is 20.5. The van der Waals surface area contributed by atoms with Gasteiger partial charge >= 0.3 is 0 Å². The predicted octanol–water partition coefficient (Wildman–Crippen LogP) is 4.21. The lowest BCUT2D eigenvalue weighted by Gasteiger charge is -2.34. The number of nitrogens with zero attached hydrogens (tertiary/aromatic N) is 2. The number of hydrogen-bond donors (Lipinski definition) is 1. The molecule has 0 bridgehead atoms. The summed E-state index contributed by atoms with van der Waals surface area (Å²) in [5.74, 6) is 0.510. The van der Waals surface area contributed by atoms with Crippen molar-refractivity contribution in [2.24, 2.45) is 11.8 Å². The minimum Gasteiger partial charge on any atom is -0.352 e. The minimum absolute atomic E-state index is 0.0575. The van der Waals surface area contributed by atoms with Crippen LogP contribution in [0.15, 0.2) is 40.8 Å². The summed E-state index contributed by atoms with van der Waals surface area (Å²) in [5.41, 5.74) is 1.21. The largest absolute Gasteiger partial charge is 0.352 e. The van der Waals surface area contributed by atoms with Gasteiger partial charge in [-0.15, -0.1) is 11.3 Å². The van der Waals surface area contributed by atoms with Crippen molar-refractivity contribution in [3.8, 4) is 11.1 Å². The highest BCUT2D eigenvalue weighted by molar-refractivity contribution is 7.17. The van der Waals surface area contributed by atoms with E-state index in [-0.39, 0.29) is 29.9 Å². The maximum absolute atomic E-state index is 13.3. The van der Waals surface area contributed by atoms with Crippen LogP contribution in [0.25, 0.3) is 21.3 Å². The van der Waals surface area contributed by atoms with Crippen LogP contribution in [0.1, 0.15) is 33.1 Å². The van der Waals surface area contributed by atoms with Crippen LogP contribution in [0.5, 0.6) is 0 Å². The van der Waals surface area contributed by atoms with Crippen LogP contribution in [0.4, 0.5) is 4.39 Å². The summed E-state index contributed by atoms with van der Waals surface area (Å²) in [4.78, 5) is 30.7. The van der Waals surface area contributed by atoms with Gasteiger partial charge in [0.15, 0.2) is 0 Å². The molecule has 29 heavy (non-hydrogen) atoms. The Bertz CT molecular complexity index is 1090. The van der Waals surface area contributed by atoms with Crippen LogP contribution in [0, 0.1) is 17.7 Å². The summed E-state index contributed by atoms with van der Waals surface area (Å²) in [5, 5.41) is 5.42. The highest BCUT2D eigenvalue weighted by atomic mass is 32.1. The molecule has 1 saturated carbocycles. The number of thiophene rings is 1. The van der Waals surface area contributed by atoms with Gasteiger partial charge in [-0.1, -0.05) is 38.8 Å². The number of amides is 1. The van der Waals surface area contributed by atoms with E-state index in [2.05, 4.69) is 24.1 Å². The van der Waals surface area contributed by atoms with Crippen LogP contribution < -0.4 is 10.9 Å². The van der Waals surface area contributed by atoms with E-state index in [0.29, 0.717) is 27.6 Å². The van der Waals surface area contributed by atoms with Crippen molar-refractivity contribution >= 4 is 27.5 Å². The molecule has 0 unspecified atom stereocenters. The quantitative estimate of drug-likeness (QED) is 0.697. The highest BCUT2D eigenvalue weighted by Gasteiger charge is 2.28. The topological polar surface area (TPSA) is 64.0 Å². The Labute approximate surface area is 172 Å². The Morgan fingerprint density at radius 2 is 2.03 bits per heavy atom. The molecular weight excluding hydrogens is 389 g/mol. The van der Waals surface area contributed by atoms with Crippen LogP contribution in [-0.4, -0.2) is 21.5 Å². The molecule has 1 aromatic carbocycles. The second-order valence-electron chi connectivity index (χ2n) is 7.96. The van der Waals surface area contributed by atoms with E-state index >= 15 is 0 Å². The molecule has 1 aliphatic rings.